The molecule has 0 saturated heterocycles. The van der Waals surface area contributed by atoms with Crippen LogP contribution in [-0.4, -0.2) is 0 Å². The molecule has 1 heteroatoms. The van der Waals surface area contributed by atoms with Crippen LogP contribution in [0.3, 0.4) is 0 Å². The van der Waals surface area contributed by atoms with Gasteiger partial charge in [-0.2, -0.15) is 0 Å². The fourth-order valence-corrected chi connectivity index (χ4v) is 5.51. The van der Waals surface area contributed by atoms with Gasteiger partial charge in [0.05, 0.1) is 0 Å². The first-order chi connectivity index (χ1) is 13.3. The molecule has 0 heterocycles. The molecule has 0 amide bonds. The van der Waals surface area contributed by atoms with Crippen LogP contribution in [0.25, 0.3) is 22.3 Å². The van der Waals surface area contributed by atoms with Crippen LogP contribution >= 0.6 is 15.9 Å². The number of halogens is 1. The molecule has 0 aromatic heterocycles. The van der Waals surface area contributed by atoms with Crippen molar-refractivity contribution in [2.24, 2.45) is 0 Å². The van der Waals surface area contributed by atoms with Crippen molar-refractivity contribution in [1.82, 2.24) is 0 Å². The van der Waals surface area contributed by atoms with E-state index in [0.717, 1.165) is 4.47 Å². The van der Waals surface area contributed by atoms with Gasteiger partial charge in [0.15, 0.2) is 0 Å². The van der Waals surface area contributed by atoms with E-state index in [1.54, 1.807) is 0 Å². The van der Waals surface area contributed by atoms with Gasteiger partial charge in [-0.25, -0.2) is 0 Å². The Labute approximate surface area is 167 Å². The molecule has 2 aliphatic carbocycles. The molecule has 27 heavy (non-hydrogen) atoms. The predicted octanol–water partition coefficient (Wildman–Crippen LogP) is 7.37. The summed E-state index contributed by atoms with van der Waals surface area (Å²) in [5, 5.41) is 0. The second kappa shape index (κ2) is 5.68. The quantitative estimate of drug-likeness (QED) is 0.284. The molecule has 2 atom stereocenters. The number of rotatable bonds is 0. The maximum absolute atomic E-state index is 3.72. The smallest absolute Gasteiger partial charge is 0.0212 e. The molecule has 2 aliphatic rings. The molecule has 0 saturated carbocycles. The highest BCUT2D eigenvalue weighted by atomic mass is 79.9. The van der Waals surface area contributed by atoms with E-state index >= 15 is 0 Å². The maximum atomic E-state index is 3.72. The first kappa shape index (κ1) is 15.4. The van der Waals surface area contributed by atoms with E-state index in [9.17, 15) is 0 Å². The predicted molar refractivity (Wildman–Crippen MR) is 115 cm³/mol. The zero-order chi connectivity index (χ0) is 18.0. The fourth-order valence-electron chi connectivity index (χ4n) is 5.13. The number of benzene rings is 4. The molecular weight excluding hydrogens is 392 g/mol. The van der Waals surface area contributed by atoms with Gasteiger partial charge in [0, 0.05) is 16.3 Å². The molecule has 0 nitrogen and oxygen atoms in total. The lowest BCUT2D eigenvalue weighted by atomic mass is 9.62. The normalized spacial score (nSPS) is 18.6. The minimum atomic E-state index is 0.346. The summed E-state index contributed by atoms with van der Waals surface area (Å²) in [6.45, 7) is 0. The highest BCUT2D eigenvalue weighted by molar-refractivity contribution is 9.10. The van der Waals surface area contributed by atoms with Crippen molar-refractivity contribution in [1.29, 1.82) is 0 Å². The van der Waals surface area contributed by atoms with Crippen LogP contribution in [-0.2, 0) is 0 Å². The third-order valence-electron chi connectivity index (χ3n) is 6.15. The summed E-state index contributed by atoms with van der Waals surface area (Å²) < 4.78 is 1.15. The molecule has 0 N–H and O–H groups in total. The second-order valence-electron chi connectivity index (χ2n) is 7.45. The van der Waals surface area contributed by atoms with Gasteiger partial charge in [-0.3, -0.25) is 0 Å². The molecule has 4 aromatic carbocycles. The second-order valence-corrected chi connectivity index (χ2v) is 8.36. The van der Waals surface area contributed by atoms with Gasteiger partial charge in [-0.05, 0) is 56.6 Å². The van der Waals surface area contributed by atoms with Gasteiger partial charge in [0.1, 0.15) is 0 Å². The van der Waals surface area contributed by atoms with Crippen LogP contribution in [0.1, 0.15) is 34.1 Å². The zero-order valence-corrected chi connectivity index (χ0v) is 16.3. The fraction of sp³-hybridized carbons (Fsp3) is 0.0769. The molecule has 128 valence electrons. The molecule has 0 bridgehead atoms. The highest BCUT2D eigenvalue weighted by Crippen LogP contribution is 2.58. The molecule has 4 aromatic rings. The topological polar surface area (TPSA) is 0 Å². The third kappa shape index (κ3) is 2.09. The van der Waals surface area contributed by atoms with Crippen molar-refractivity contribution < 1.29 is 0 Å². The van der Waals surface area contributed by atoms with Crippen molar-refractivity contribution in [2.75, 3.05) is 0 Å². The summed E-state index contributed by atoms with van der Waals surface area (Å²) in [6.07, 6.45) is 0. The monoisotopic (exact) mass is 408 g/mol. The van der Waals surface area contributed by atoms with E-state index < -0.39 is 0 Å². The van der Waals surface area contributed by atoms with E-state index in [2.05, 4.69) is 107 Å². The van der Waals surface area contributed by atoms with Gasteiger partial charge in [-0.1, -0.05) is 94.8 Å². The summed E-state index contributed by atoms with van der Waals surface area (Å²) in [6, 6.07) is 33.6. The third-order valence-corrected chi connectivity index (χ3v) is 6.64. The van der Waals surface area contributed by atoms with E-state index in [4.69, 9.17) is 0 Å². The summed E-state index contributed by atoms with van der Waals surface area (Å²) >= 11 is 3.72. The first-order valence-electron chi connectivity index (χ1n) is 9.40. The number of fused-ring (bicyclic) bond motifs is 11. The minimum absolute atomic E-state index is 0.346. The van der Waals surface area contributed by atoms with Crippen LogP contribution in [0, 0.1) is 0 Å². The van der Waals surface area contributed by atoms with Crippen molar-refractivity contribution in [2.45, 2.75) is 11.8 Å². The van der Waals surface area contributed by atoms with Crippen LogP contribution in [0.4, 0.5) is 0 Å². The molecule has 0 radical (unpaired) electrons. The summed E-state index contributed by atoms with van der Waals surface area (Å²) in [5.74, 6) is 0.701. The van der Waals surface area contributed by atoms with E-state index in [1.165, 1.54) is 44.5 Å². The Kier molecular flexibility index (Phi) is 3.24. The van der Waals surface area contributed by atoms with E-state index in [1.807, 2.05) is 0 Å². The molecule has 0 aliphatic heterocycles. The van der Waals surface area contributed by atoms with Crippen molar-refractivity contribution in [3.05, 3.63) is 118 Å². The SMILES string of the molecule is Brc1ccc2c(c1)C1c3ccccc3-c3ccccc3C1c1ccccc1-2. The zero-order valence-electron chi connectivity index (χ0n) is 14.7. The lowest BCUT2D eigenvalue weighted by Gasteiger charge is -2.41. The van der Waals surface area contributed by atoms with Crippen molar-refractivity contribution in [3.63, 3.8) is 0 Å². The van der Waals surface area contributed by atoms with E-state index in [0.29, 0.717) is 11.8 Å². The Morgan fingerprint density at radius 2 is 0.852 bits per heavy atom. The lowest BCUT2D eigenvalue weighted by Crippen LogP contribution is -2.24. The Morgan fingerprint density at radius 1 is 0.444 bits per heavy atom. The van der Waals surface area contributed by atoms with Crippen LogP contribution in [0.15, 0.2) is 95.5 Å². The summed E-state index contributed by atoms with van der Waals surface area (Å²) in [7, 11) is 0. The van der Waals surface area contributed by atoms with Gasteiger partial charge in [0.25, 0.3) is 0 Å². The highest BCUT2D eigenvalue weighted by Gasteiger charge is 2.40. The van der Waals surface area contributed by atoms with Gasteiger partial charge < -0.3 is 0 Å². The van der Waals surface area contributed by atoms with E-state index in [-0.39, 0.29) is 0 Å². The molecular formula is C26H17Br. The average Bonchev–Trinajstić information content (AvgIpc) is 2.73. The van der Waals surface area contributed by atoms with Crippen LogP contribution in [0.2, 0.25) is 0 Å². The molecule has 2 unspecified atom stereocenters. The number of hydrogen-bond donors (Lipinski definition) is 0. The Hall–Kier alpha value is -2.64. The molecule has 0 spiro atoms. The Morgan fingerprint density at radius 3 is 1.37 bits per heavy atom. The lowest BCUT2D eigenvalue weighted by molar-refractivity contribution is 0.676. The molecule has 0 fully saturated rings. The van der Waals surface area contributed by atoms with Crippen LogP contribution < -0.4 is 0 Å². The average molecular weight is 409 g/mol. The van der Waals surface area contributed by atoms with Gasteiger partial charge in [0.2, 0.25) is 0 Å². The Balaban J connectivity index is 1.77. The molecule has 6 rings (SSSR count). The van der Waals surface area contributed by atoms with Crippen molar-refractivity contribution >= 4 is 15.9 Å². The Bertz CT molecular complexity index is 1200. The maximum Gasteiger partial charge on any atom is 0.0212 e. The first-order valence-corrected chi connectivity index (χ1v) is 10.2. The summed E-state index contributed by atoms with van der Waals surface area (Å²) in [4.78, 5) is 0. The van der Waals surface area contributed by atoms with Gasteiger partial charge in [-0.15, -0.1) is 0 Å². The number of hydrogen-bond acceptors (Lipinski definition) is 0. The largest absolute Gasteiger partial charge is 0.0619 e. The van der Waals surface area contributed by atoms with Gasteiger partial charge >= 0.3 is 0 Å². The van der Waals surface area contributed by atoms with Crippen molar-refractivity contribution in [3.8, 4) is 22.3 Å². The summed E-state index contributed by atoms with van der Waals surface area (Å²) in [5.41, 5.74) is 11.2. The standard InChI is InChI=1S/C26H17Br/c27-16-13-14-20-19-9-3-5-11-22(19)25-21-10-4-1-7-17(21)18-8-2-6-12-23(18)26(25)24(20)15-16/h1-15,25-26H. The van der Waals surface area contributed by atoms with Crippen LogP contribution in [0.5, 0.6) is 0 Å². The minimum Gasteiger partial charge on any atom is -0.0619 e.